The van der Waals surface area contributed by atoms with Crippen LogP contribution in [0, 0.1) is 0 Å². The maximum absolute atomic E-state index is 5.79. The van der Waals surface area contributed by atoms with Crippen molar-refractivity contribution in [2.75, 3.05) is 27.2 Å². The van der Waals surface area contributed by atoms with Crippen LogP contribution in [0.4, 0.5) is 0 Å². The van der Waals surface area contributed by atoms with E-state index in [9.17, 15) is 0 Å². The van der Waals surface area contributed by atoms with Gasteiger partial charge >= 0.3 is 0 Å². The summed E-state index contributed by atoms with van der Waals surface area (Å²) in [5.41, 5.74) is 5.79. The third kappa shape index (κ3) is 1.60. The zero-order chi connectivity index (χ0) is 17.5. The largest absolute Gasteiger partial charge is 0.454 e. The number of likely N-dealkylation sites (N-methyl/N-ethyl adjacent to an activating group) is 1. The highest BCUT2D eigenvalue weighted by atomic mass is 16.7. The third-order valence-electron chi connectivity index (χ3n) is 6.31. The summed E-state index contributed by atoms with van der Waals surface area (Å²) >= 11 is 0. The van der Waals surface area contributed by atoms with Gasteiger partial charge in [0.2, 0.25) is 13.6 Å². The van der Waals surface area contributed by atoms with Crippen LogP contribution in [0.15, 0.2) is 30.8 Å². The molecule has 0 saturated heterocycles. The lowest BCUT2D eigenvalue weighted by Gasteiger charge is -2.45. The van der Waals surface area contributed by atoms with Gasteiger partial charge in [-0.2, -0.15) is 0 Å². The maximum Gasteiger partial charge on any atom is 0.231 e. The van der Waals surface area contributed by atoms with Crippen LogP contribution in [0.1, 0.15) is 22.3 Å². The molecule has 0 bridgehead atoms. The first kappa shape index (κ1) is 14.5. The van der Waals surface area contributed by atoms with Crippen LogP contribution in [0.2, 0.25) is 0 Å². The summed E-state index contributed by atoms with van der Waals surface area (Å²) in [6.45, 7) is 6.08. The predicted octanol–water partition coefficient (Wildman–Crippen LogP) is 3.10. The maximum atomic E-state index is 5.79. The number of hydrogen-bond acceptors (Lipinski definition) is 5. The molecule has 2 aromatic rings. The van der Waals surface area contributed by atoms with Gasteiger partial charge in [0.15, 0.2) is 23.0 Å². The number of benzene rings is 2. The number of nitrogens with zero attached hydrogens (tertiary/aromatic N) is 1. The van der Waals surface area contributed by atoms with E-state index in [0.717, 1.165) is 48.0 Å². The van der Waals surface area contributed by atoms with E-state index in [0.29, 0.717) is 6.79 Å². The van der Waals surface area contributed by atoms with Gasteiger partial charge in [0.1, 0.15) is 0 Å². The molecular formula is C21H19NO4. The molecule has 6 rings (SSSR count). The van der Waals surface area contributed by atoms with Crippen LogP contribution >= 0.6 is 0 Å². The number of hydrogen-bond donors (Lipinski definition) is 0. The SMILES string of the molecule is C=C1c2ccc3c(c2CC12c1cc4c(cc1CCN2C)OCO4)OCO3. The molecule has 0 aromatic heterocycles. The molecule has 3 heterocycles. The fraction of sp³-hybridized carbons (Fsp3) is 0.333. The van der Waals surface area contributed by atoms with Crippen LogP contribution in [-0.4, -0.2) is 32.1 Å². The Labute approximate surface area is 151 Å². The second-order valence-corrected chi connectivity index (χ2v) is 7.38. The Morgan fingerprint density at radius 3 is 2.65 bits per heavy atom. The molecule has 3 aliphatic heterocycles. The van der Waals surface area contributed by atoms with Crippen molar-refractivity contribution in [1.29, 1.82) is 0 Å². The quantitative estimate of drug-likeness (QED) is 0.731. The molecule has 0 fully saturated rings. The number of rotatable bonds is 0. The molecule has 0 saturated carbocycles. The Balaban J connectivity index is 1.58. The van der Waals surface area contributed by atoms with Gasteiger partial charge in [-0.15, -0.1) is 0 Å². The Hall–Kier alpha value is -2.66. The van der Waals surface area contributed by atoms with E-state index in [-0.39, 0.29) is 12.3 Å². The molecule has 5 nitrogen and oxygen atoms in total. The van der Waals surface area contributed by atoms with Gasteiger partial charge in [-0.05, 0) is 53.9 Å². The second kappa shape index (κ2) is 4.74. The van der Waals surface area contributed by atoms with Crippen LogP contribution in [-0.2, 0) is 18.4 Å². The monoisotopic (exact) mass is 349 g/mol. The van der Waals surface area contributed by atoms with Crippen LogP contribution in [0.3, 0.4) is 0 Å². The van der Waals surface area contributed by atoms with E-state index in [1.807, 2.05) is 6.07 Å². The average molecular weight is 349 g/mol. The predicted molar refractivity (Wildman–Crippen MR) is 95.9 cm³/mol. The van der Waals surface area contributed by atoms with Crippen LogP contribution in [0.5, 0.6) is 23.0 Å². The minimum absolute atomic E-state index is 0.280. The molecular weight excluding hydrogens is 330 g/mol. The van der Waals surface area contributed by atoms with Crippen molar-refractivity contribution < 1.29 is 18.9 Å². The second-order valence-electron chi connectivity index (χ2n) is 7.38. The average Bonchev–Trinajstić information content (AvgIpc) is 3.35. The molecule has 0 N–H and O–H groups in total. The summed E-state index contributed by atoms with van der Waals surface area (Å²) in [6.07, 6.45) is 1.82. The third-order valence-corrected chi connectivity index (χ3v) is 6.31. The van der Waals surface area contributed by atoms with Gasteiger partial charge in [0.25, 0.3) is 0 Å². The number of ether oxygens (including phenoxy) is 4. The molecule has 26 heavy (non-hydrogen) atoms. The van der Waals surface area contributed by atoms with E-state index in [4.69, 9.17) is 18.9 Å². The number of fused-ring (bicyclic) bond motifs is 6. The van der Waals surface area contributed by atoms with Crippen molar-refractivity contribution in [3.63, 3.8) is 0 Å². The zero-order valence-corrected chi connectivity index (χ0v) is 14.6. The molecule has 1 aliphatic carbocycles. The standard InChI is InChI=1S/C21H19NO4/c1-12-14-3-4-17-20(26-11-23-17)15(14)9-21(12)16-8-19-18(24-10-25-19)7-13(16)5-6-22(21)2/h3-4,7-8H,1,5-6,9-11H2,2H3. The van der Waals surface area contributed by atoms with E-state index >= 15 is 0 Å². The Morgan fingerprint density at radius 2 is 1.77 bits per heavy atom. The van der Waals surface area contributed by atoms with E-state index in [2.05, 4.69) is 36.7 Å². The molecule has 132 valence electrons. The summed E-state index contributed by atoms with van der Waals surface area (Å²) in [7, 11) is 2.18. The van der Waals surface area contributed by atoms with Crippen molar-refractivity contribution in [1.82, 2.24) is 4.90 Å². The van der Waals surface area contributed by atoms with Gasteiger partial charge in [0.05, 0.1) is 5.54 Å². The first-order valence-corrected chi connectivity index (χ1v) is 8.94. The van der Waals surface area contributed by atoms with Crippen molar-refractivity contribution >= 4 is 5.57 Å². The summed E-state index contributed by atoms with van der Waals surface area (Å²) in [4.78, 5) is 2.42. The molecule has 1 atom stereocenters. The lowest BCUT2D eigenvalue weighted by molar-refractivity contribution is 0.162. The van der Waals surface area contributed by atoms with Gasteiger partial charge in [0, 0.05) is 18.5 Å². The van der Waals surface area contributed by atoms with Crippen molar-refractivity contribution in [3.8, 4) is 23.0 Å². The van der Waals surface area contributed by atoms with Crippen molar-refractivity contribution in [2.45, 2.75) is 18.4 Å². The van der Waals surface area contributed by atoms with Crippen LogP contribution < -0.4 is 18.9 Å². The van der Waals surface area contributed by atoms with Gasteiger partial charge in [-0.25, -0.2) is 0 Å². The van der Waals surface area contributed by atoms with Gasteiger partial charge < -0.3 is 18.9 Å². The van der Waals surface area contributed by atoms with Gasteiger partial charge in [-0.1, -0.05) is 12.6 Å². The molecule has 2 aromatic carbocycles. The minimum Gasteiger partial charge on any atom is -0.454 e. The van der Waals surface area contributed by atoms with E-state index < -0.39 is 0 Å². The molecule has 4 aliphatic rings. The zero-order valence-electron chi connectivity index (χ0n) is 14.6. The molecule has 0 amide bonds. The summed E-state index contributed by atoms with van der Waals surface area (Å²) in [5.74, 6) is 3.38. The van der Waals surface area contributed by atoms with Crippen molar-refractivity contribution in [2.24, 2.45) is 0 Å². The molecule has 0 radical (unpaired) electrons. The summed E-state index contributed by atoms with van der Waals surface area (Å²) < 4.78 is 22.7. The minimum atomic E-state index is -0.280. The Bertz CT molecular complexity index is 982. The fourth-order valence-corrected chi connectivity index (χ4v) is 4.96. The lowest BCUT2D eigenvalue weighted by atomic mass is 9.76. The first-order chi connectivity index (χ1) is 12.7. The highest BCUT2D eigenvalue weighted by Gasteiger charge is 2.50. The van der Waals surface area contributed by atoms with E-state index in [1.165, 1.54) is 22.3 Å². The molecule has 5 heteroatoms. The highest BCUT2D eigenvalue weighted by molar-refractivity contribution is 5.84. The first-order valence-electron chi connectivity index (χ1n) is 8.94. The molecule has 1 unspecified atom stereocenters. The summed E-state index contributed by atoms with van der Waals surface area (Å²) in [5, 5.41) is 0. The molecule has 1 spiro atoms. The summed E-state index contributed by atoms with van der Waals surface area (Å²) in [6, 6.07) is 8.42. The fourth-order valence-electron chi connectivity index (χ4n) is 4.96. The normalized spacial score (nSPS) is 24.9. The topological polar surface area (TPSA) is 40.2 Å². The Kier molecular flexibility index (Phi) is 2.64. The van der Waals surface area contributed by atoms with Crippen LogP contribution in [0.25, 0.3) is 5.57 Å². The highest BCUT2D eigenvalue weighted by Crippen LogP contribution is 2.57. The van der Waals surface area contributed by atoms with E-state index in [1.54, 1.807) is 0 Å². The lowest BCUT2D eigenvalue weighted by Crippen LogP contribution is -2.48. The Morgan fingerprint density at radius 1 is 1.00 bits per heavy atom. The van der Waals surface area contributed by atoms with Gasteiger partial charge in [-0.3, -0.25) is 4.90 Å². The van der Waals surface area contributed by atoms with Crippen molar-refractivity contribution in [3.05, 3.63) is 53.1 Å². The smallest absolute Gasteiger partial charge is 0.231 e.